The quantitative estimate of drug-likeness (QED) is 0.620. The van der Waals surface area contributed by atoms with E-state index in [-0.39, 0.29) is 0 Å². The largest absolute Gasteiger partial charge is 0.378 e. The molecular formula is C19H17Cl2N. The van der Waals surface area contributed by atoms with Gasteiger partial charge in [0.15, 0.2) is 0 Å². The summed E-state index contributed by atoms with van der Waals surface area (Å²) in [5.74, 6) is 0.876. The van der Waals surface area contributed by atoms with E-state index in [0.717, 1.165) is 17.1 Å². The van der Waals surface area contributed by atoms with E-state index in [0.29, 0.717) is 22.9 Å². The monoisotopic (exact) mass is 329 g/mol. The predicted octanol–water partition coefficient (Wildman–Crippen LogP) is 6.13. The second kappa shape index (κ2) is 5.33. The molecule has 0 fully saturated rings. The number of halogens is 2. The molecule has 4 rings (SSSR count). The lowest BCUT2D eigenvalue weighted by Gasteiger charge is -2.38. The molecule has 0 aromatic heterocycles. The zero-order valence-electron chi connectivity index (χ0n) is 12.3. The Labute approximate surface area is 140 Å². The number of hydrogen-bond donors (Lipinski definition) is 1. The lowest BCUT2D eigenvalue weighted by Crippen LogP contribution is -2.29. The van der Waals surface area contributed by atoms with Crippen molar-refractivity contribution < 1.29 is 0 Å². The van der Waals surface area contributed by atoms with Gasteiger partial charge in [-0.25, -0.2) is 0 Å². The smallest absolute Gasteiger partial charge is 0.0553 e. The molecule has 0 saturated heterocycles. The minimum Gasteiger partial charge on any atom is -0.378 e. The minimum absolute atomic E-state index is 0.294. The van der Waals surface area contributed by atoms with Gasteiger partial charge >= 0.3 is 0 Å². The number of benzene rings is 2. The normalized spacial score (nSPS) is 25.5. The third-order valence-corrected chi connectivity index (χ3v) is 5.35. The van der Waals surface area contributed by atoms with Crippen LogP contribution in [0.1, 0.15) is 35.1 Å². The Kier molecular flexibility index (Phi) is 3.43. The highest BCUT2D eigenvalue weighted by molar-refractivity contribution is 6.35. The highest BCUT2D eigenvalue weighted by atomic mass is 35.5. The molecule has 0 saturated carbocycles. The highest BCUT2D eigenvalue weighted by Gasteiger charge is 2.39. The molecule has 2 aromatic carbocycles. The first-order chi connectivity index (χ1) is 10.6. The maximum Gasteiger partial charge on any atom is 0.0553 e. The van der Waals surface area contributed by atoms with Crippen LogP contribution in [0.3, 0.4) is 0 Å². The van der Waals surface area contributed by atoms with Crippen molar-refractivity contribution in [3.63, 3.8) is 0 Å². The molecule has 2 aromatic rings. The van der Waals surface area contributed by atoms with E-state index in [4.69, 9.17) is 23.2 Å². The lowest BCUT2D eigenvalue weighted by atomic mass is 9.77. The summed E-state index contributed by atoms with van der Waals surface area (Å²) >= 11 is 12.7. The SMILES string of the molecule is Cc1ccc([C@@H]2Nc3cc(Cl)cc(Cl)c3[C@@H]3C=CC[C@H]32)cc1. The van der Waals surface area contributed by atoms with E-state index in [1.807, 2.05) is 12.1 Å². The molecule has 1 nitrogen and oxygen atoms in total. The van der Waals surface area contributed by atoms with Crippen LogP contribution >= 0.6 is 23.2 Å². The molecule has 1 heterocycles. The van der Waals surface area contributed by atoms with Gasteiger partial charge in [-0.3, -0.25) is 0 Å². The van der Waals surface area contributed by atoms with E-state index in [1.165, 1.54) is 16.7 Å². The second-order valence-electron chi connectivity index (χ2n) is 6.24. The fourth-order valence-electron chi connectivity index (χ4n) is 3.75. The Morgan fingerprint density at radius 2 is 1.86 bits per heavy atom. The molecule has 0 amide bonds. The maximum absolute atomic E-state index is 6.47. The Hall–Kier alpha value is -1.44. The number of anilines is 1. The summed E-state index contributed by atoms with van der Waals surface area (Å²) in [5.41, 5.74) is 4.86. The third-order valence-electron chi connectivity index (χ3n) is 4.82. The zero-order valence-corrected chi connectivity index (χ0v) is 13.8. The summed E-state index contributed by atoms with van der Waals surface area (Å²) in [5, 5.41) is 5.12. The van der Waals surface area contributed by atoms with Gasteiger partial charge in [-0.2, -0.15) is 0 Å². The van der Waals surface area contributed by atoms with Crippen LogP contribution in [0.5, 0.6) is 0 Å². The van der Waals surface area contributed by atoms with E-state index in [9.17, 15) is 0 Å². The Morgan fingerprint density at radius 1 is 1.09 bits per heavy atom. The molecule has 112 valence electrons. The molecule has 0 spiro atoms. The maximum atomic E-state index is 6.47. The molecule has 0 bridgehead atoms. The summed E-state index contributed by atoms with van der Waals surface area (Å²) in [6, 6.07) is 12.9. The number of allylic oxidation sites excluding steroid dienone is 2. The van der Waals surface area contributed by atoms with E-state index < -0.39 is 0 Å². The number of hydrogen-bond acceptors (Lipinski definition) is 1. The van der Waals surface area contributed by atoms with Crippen LogP contribution in [-0.4, -0.2) is 0 Å². The van der Waals surface area contributed by atoms with Crippen LogP contribution in [0.15, 0.2) is 48.6 Å². The van der Waals surface area contributed by atoms with Gasteiger partial charge in [-0.05, 0) is 37.0 Å². The van der Waals surface area contributed by atoms with Crippen molar-refractivity contribution in [2.45, 2.75) is 25.3 Å². The summed E-state index contributed by atoms with van der Waals surface area (Å²) in [7, 11) is 0. The number of aryl methyl sites for hydroxylation is 1. The molecule has 22 heavy (non-hydrogen) atoms. The molecule has 3 heteroatoms. The molecule has 3 atom stereocenters. The molecule has 1 N–H and O–H groups in total. The van der Waals surface area contributed by atoms with Gasteiger partial charge < -0.3 is 5.32 Å². The third kappa shape index (κ3) is 2.24. The first-order valence-corrected chi connectivity index (χ1v) is 8.38. The van der Waals surface area contributed by atoms with Gasteiger partial charge in [0.05, 0.1) is 6.04 Å². The summed E-state index contributed by atoms with van der Waals surface area (Å²) in [4.78, 5) is 0. The first kappa shape index (κ1) is 14.2. The van der Waals surface area contributed by atoms with Crippen LogP contribution in [0.2, 0.25) is 10.0 Å². The molecule has 1 aliphatic heterocycles. The van der Waals surface area contributed by atoms with Crippen molar-refractivity contribution in [1.29, 1.82) is 0 Å². The van der Waals surface area contributed by atoms with Crippen LogP contribution in [0, 0.1) is 12.8 Å². The average molecular weight is 330 g/mol. The van der Waals surface area contributed by atoms with Crippen molar-refractivity contribution in [1.82, 2.24) is 0 Å². The van der Waals surface area contributed by atoms with Crippen molar-refractivity contribution in [3.8, 4) is 0 Å². The Bertz CT molecular complexity index is 749. The van der Waals surface area contributed by atoms with Gasteiger partial charge in [-0.15, -0.1) is 0 Å². The molecule has 0 unspecified atom stereocenters. The van der Waals surface area contributed by atoms with Crippen LogP contribution in [0.4, 0.5) is 5.69 Å². The standard InChI is InChI=1S/C19H17Cl2N/c1-11-5-7-12(8-6-11)19-15-4-2-3-14(15)18-16(21)9-13(20)10-17(18)22-19/h2-3,5-10,14-15,19,22H,4H2,1H3/t14-,15-,19+/m1/s1. The average Bonchev–Trinajstić information content (AvgIpc) is 2.95. The van der Waals surface area contributed by atoms with Crippen molar-refractivity contribution >= 4 is 28.9 Å². The van der Waals surface area contributed by atoms with Crippen molar-refractivity contribution in [2.75, 3.05) is 5.32 Å². The summed E-state index contributed by atoms with van der Waals surface area (Å²) < 4.78 is 0. The Morgan fingerprint density at radius 3 is 2.64 bits per heavy atom. The van der Waals surface area contributed by atoms with Crippen molar-refractivity contribution in [3.05, 3.63) is 75.3 Å². The zero-order chi connectivity index (χ0) is 15.3. The van der Waals surface area contributed by atoms with Crippen molar-refractivity contribution in [2.24, 2.45) is 5.92 Å². The van der Waals surface area contributed by atoms with Gasteiger partial charge in [0.25, 0.3) is 0 Å². The topological polar surface area (TPSA) is 12.0 Å². The van der Waals surface area contributed by atoms with Gasteiger partial charge in [0, 0.05) is 27.2 Å². The number of fused-ring (bicyclic) bond motifs is 3. The number of rotatable bonds is 1. The van der Waals surface area contributed by atoms with E-state index >= 15 is 0 Å². The van der Waals surface area contributed by atoms with Crippen LogP contribution in [0.25, 0.3) is 0 Å². The predicted molar refractivity (Wildman–Crippen MR) is 94.0 cm³/mol. The fraction of sp³-hybridized carbons (Fsp3) is 0.263. The Balaban J connectivity index is 1.82. The van der Waals surface area contributed by atoms with Crippen LogP contribution < -0.4 is 5.32 Å². The minimum atomic E-state index is 0.294. The van der Waals surface area contributed by atoms with Crippen LogP contribution in [-0.2, 0) is 0 Å². The molecule has 0 radical (unpaired) electrons. The van der Waals surface area contributed by atoms with Gasteiger partial charge in [0.2, 0.25) is 0 Å². The lowest BCUT2D eigenvalue weighted by molar-refractivity contribution is 0.425. The summed E-state index contributed by atoms with van der Waals surface area (Å²) in [6.07, 6.45) is 5.65. The molecular weight excluding hydrogens is 313 g/mol. The number of nitrogens with one attached hydrogen (secondary N) is 1. The molecule has 2 aliphatic rings. The highest BCUT2D eigenvalue weighted by Crippen LogP contribution is 2.52. The van der Waals surface area contributed by atoms with E-state index in [1.54, 1.807) is 0 Å². The second-order valence-corrected chi connectivity index (χ2v) is 7.08. The van der Waals surface area contributed by atoms with Gasteiger partial charge in [-0.1, -0.05) is 65.2 Å². The fourth-order valence-corrected chi connectivity index (χ4v) is 4.37. The van der Waals surface area contributed by atoms with Gasteiger partial charge in [0.1, 0.15) is 0 Å². The van der Waals surface area contributed by atoms with E-state index in [2.05, 4.69) is 48.7 Å². The summed E-state index contributed by atoms with van der Waals surface area (Å²) in [6.45, 7) is 2.12. The molecule has 1 aliphatic carbocycles. The first-order valence-electron chi connectivity index (χ1n) is 7.62.